The first-order chi connectivity index (χ1) is 4.19. The van der Waals surface area contributed by atoms with Crippen molar-refractivity contribution in [1.29, 1.82) is 0 Å². The van der Waals surface area contributed by atoms with Gasteiger partial charge in [0.2, 0.25) is 0 Å². The van der Waals surface area contributed by atoms with Gasteiger partial charge in [-0.2, -0.15) is 0 Å². The van der Waals surface area contributed by atoms with Crippen molar-refractivity contribution in [2.75, 3.05) is 20.1 Å². The van der Waals surface area contributed by atoms with Gasteiger partial charge in [-0.15, -0.1) is 0 Å². The maximum Gasteiger partial charge on any atom is 0.313 e. The predicted octanol–water partition coefficient (Wildman–Crippen LogP) is 0.773. The number of carbonyl (C=O) groups is 1. The molecule has 0 aromatic carbocycles. The molecule has 0 radical (unpaired) electrons. The van der Waals surface area contributed by atoms with E-state index in [2.05, 4.69) is 6.92 Å². The summed E-state index contributed by atoms with van der Waals surface area (Å²) in [5.74, 6) is 0.414. The summed E-state index contributed by atoms with van der Waals surface area (Å²) in [4.78, 5) is 11.1. The van der Waals surface area contributed by atoms with Crippen LogP contribution in [0.5, 0.6) is 0 Å². The number of hydrogen-bond donors (Lipinski definition) is 0. The summed E-state index contributed by atoms with van der Waals surface area (Å²) >= 11 is 0. The molecular weight excluding hydrogens is 114 g/mol. The largest absolute Gasteiger partial charge is 0.313 e. The first-order valence-corrected chi connectivity index (χ1v) is 3.57. The van der Waals surface area contributed by atoms with E-state index in [0.29, 0.717) is 10.4 Å². The minimum atomic E-state index is 0.414. The fourth-order valence-electron chi connectivity index (χ4n) is 1.31. The Morgan fingerprint density at radius 1 is 1.67 bits per heavy atom. The highest BCUT2D eigenvalue weighted by molar-refractivity contribution is 5.70. The average molecular weight is 128 g/mol. The Hall–Kier alpha value is -0.370. The van der Waals surface area contributed by atoms with Crippen LogP contribution in [-0.2, 0) is 4.79 Å². The quantitative estimate of drug-likeness (QED) is 0.477. The Morgan fingerprint density at radius 3 is 2.56 bits per heavy atom. The lowest BCUT2D eigenvalue weighted by Gasteiger charge is -2.23. The number of hydrogen-bond acceptors (Lipinski definition) is 1. The minimum absolute atomic E-state index is 0.414. The highest BCUT2D eigenvalue weighted by atomic mass is 16.2. The molecule has 0 bridgehead atoms. The first-order valence-electron chi connectivity index (χ1n) is 3.57. The Labute approximate surface area is 56.1 Å². The molecule has 0 spiro atoms. The third-order valence-electron chi connectivity index (χ3n) is 2.34. The van der Waals surface area contributed by atoms with Gasteiger partial charge >= 0.3 is 5.91 Å². The van der Waals surface area contributed by atoms with Crippen LogP contribution in [0.25, 0.3) is 0 Å². The van der Waals surface area contributed by atoms with Crippen LogP contribution in [0.4, 0.5) is 0 Å². The van der Waals surface area contributed by atoms with Crippen LogP contribution in [0.3, 0.4) is 0 Å². The lowest BCUT2D eigenvalue weighted by atomic mass is 10.4. The second-order valence-corrected chi connectivity index (χ2v) is 2.93. The summed E-state index contributed by atoms with van der Waals surface area (Å²) in [7, 11) is 2.02. The van der Waals surface area contributed by atoms with E-state index < -0.39 is 0 Å². The molecule has 1 aliphatic heterocycles. The molecule has 0 aromatic rings. The lowest BCUT2D eigenvalue weighted by Crippen LogP contribution is -2.44. The summed E-state index contributed by atoms with van der Waals surface area (Å²) in [6.45, 7) is 4.08. The van der Waals surface area contributed by atoms with Crippen molar-refractivity contribution < 1.29 is 9.28 Å². The molecule has 1 saturated heterocycles. The highest BCUT2D eigenvalue weighted by Crippen LogP contribution is 2.16. The third kappa shape index (κ3) is 0.990. The van der Waals surface area contributed by atoms with E-state index in [4.69, 9.17) is 0 Å². The molecule has 1 heterocycles. The molecule has 0 aromatic heterocycles. The molecule has 2 heteroatoms. The van der Waals surface area contributed by atoms with Gasteiger partial charge in [0.15, 0.2) is 0 Å². The van der Waals surface area contributed by atoms with Crippen molar-refractivity contribution in [3.8, 4) is 0 Å². The van der Waals surface area contributed by atoms with Gasteiger partial charge in [0, 0.05) is 6.42 Å². The molecule has 0 aliphatic carbocycles. The summed E-state index contributed by atoms with van der Waals surface area (Å²) in [6, 6.07) is 0. The zero-order valence-electron chi connectivity index (χ0n) is 6.18. The van der Waals surface area contributed by atoms with Gasteiger partial charge in [-0.3, -0.25) is 4.48 Å². The van der Waals surface area contributed by atoms with Crippen molar-refractivity contribution in [2.45, 2.75) is 19.8 Å². The summed E-state index contributed by atoms with van der Waals surface area (Å²) in [5.41, 5.74) is 0. The average Bonchev–Trinajstić information content (AvgIpc) is 2.15. The van der Waals surface area contributed by atoms with Crippen LogP contribution in [-0.4, -0.2) is 30.5 Å². The van der Waals surface area contributed by atoms with Crippen molar-refractivity contribution in [1.82, 2.24) is 0 Å². The van der Waals surface area contributed by atoms with Crippen LogP contribution in [0.2, 0.25) is 0 Å². The van der Waals surface area contributed by atoms with Gasteiger partial charge in [-0.25, -0.2) is 4.79 Å². The number of rotatable bonds is 1. The summed E-state index contributed by atoms with van der Waals surface area (Å²) in [6.07, 6.45) is 1.88. The fourth-order valence-corrected chi connectivity index (χ4v) is 1.31. The predicted molar refractivity (Wildman–Crippen MR) is 35.8 cm³/mol. The minimum Gasteiger partial charge on any atom is -0.263 e. The number of carbonyl (C=O) groups excluding carboxylic acids is 1. The van der Waals surface area contributed by atoms with Crippen LogP contribution in [0.15, 0.2) is 0 Å². The Kier molecular flexibility index (Phi) is 1.58. The van der Waals surface area contributed by atoms with Crippen LogP contribution >= 0.6 is 0 Å². The van der Waals surface area contributed by atoms with Gasteiger partial charge in [0.1, 0.15) is 0 Å². The Balaban J connectivity index is 2.67. The first kappa shape index (κ1) is 6.75. The van der Waals surface area contributed by atoms with Crippen molar-refractivity contribution >= 4 is 5.91 Å². The van der Waals surface area contributed by atoms with Gasteiger partial charge in [0.25, 0.3) is 0 Å². The van der Waals surface area contributed by atoms with Gasteiger partial charge in [0.05, 0.1) is 26.6 Å². The smallest absolute Gasteiger partial charge is 0.263 e. The maximum atomic E-state index is 11.1. The molecule has 9 heavy (non-hydrogen) atoms. The van der Waals surface area contributed by atoms with Crippen molar-refractivity contribution in [3.63, 3.8) is 0 Å². The standard InChI is InChI=1S/C7H14NO/c1-3-8(2)6-4-5-7(8)9/h3-6H2,1-2H3/q+1. The monoisotopic (exact) mass is 128 g/mol. The second kappa shape index (κ2) is 2.10. The molecule has 0 saturated carbocycles. The molecule has 1 aliphatic rings. The lowest BCUT2D eigenvalue weighted by molar-refractivity contribution is -0.824. The highest BCUT2D eigenvalue weighted by Gasteiger charge is 2.34. The van der Waals surface area contributed by atoms with E-state index in [0.717, 1.165) is 25.9 Å². The van der Waals surface area contributed by atoms with Crippen LogP contribution < -0.4 is 0 Å². The van der Waals surface area contributed by atoms with Crippen molar-refractivity contribution in [2.24, 2.45) is 0 Å². The zero-order valence-corrected chi connectivity index (χ0v) is 6.18. The summed E-state index contributed by atoms with van der Waals surface area (Å²) < 4.78 is 0.667. The SMILES string of the molecule is CC[N+]1(C)CCCC1=O. The van der Waals surface area contributed by atoms with E-state index in [1.165, 1.54) is 0 Å². The zero-order chi connectivity index (χ0) is 6.91. The number of likely N-dealkylation sites (tertiary alicyclic amines) is 1. The topological polar surface area (TPSA) is 17.1 Å². The third-order valence-corrected chi connectivity index (χ3v) is 2.34. The second-order valence-electron chi connectivity index (χ2n) is 2.93. The number of nitrogens with zero attached hydrogens (tertiary/aromatic N) is 1. The van der Waals surface area contributed by atoms with Crippen LogP contribution in [0, 0.1) is 0 Å². The molecule has 1 rings (SSSR count). The normalized spacial score (nSPS) is 35.6. The van der Waals surface area contributed by atoms with E-state index in [9.17, 15) is 4.79 Å². The molecule has 1 unspecified atom stereocenters. The van der Waals surface area contributed by atoms with Gasteiger partial charge < -0.3 is 0 Å². The fraction of sp³-hybridized carbons (Fsp3) is 0.857. The van der Waals surface area contributed by atoms with Gasteiger partial charge in [-0.1, -0.05) is 0 Å². The van der Waals surface area contributed by atoms with Crippen LogP contribution in [0.1, 0.15) is 19.8 Å². The Bertz CT molecular complexity index is 133. The number of quaternary nitrogens is 1. The molecular formula is C7H14NO+. The molecule has 1 fully saturated rings. The molecule has 1 amide bonds. The van der Waals surface area contributed by atoms with E-state index >= 15 is 0 Å². The summed E-state index contributed by atoms with van der Waals surface area (Å²) in [5, 5.41) is 0. The molecule has 1 atom stereocenters. The molecule has 0 N–H and O–H groups in total. The molecule has 52 valence electrons. The van der Waals surface area contributed by atoms with E-state index in [1.807, 2.05) is 7.05 Å². The number of amides is 1. The van der Waals surface area contributed by atoms with E-state index in [1.54, 1.807) is 0 Å². The van der Waals surface area contributed by atoms with Crippen molar-refractivity contribution in [3.05, 3.63) is 0 Å². The molecule has 2 nitrogen and oxygen atoms in total. The Morgan fingerprint density at radius 2 is 2.33 bits per heavy atom. The van der Waals surface area contributed by atoms with E-state index in [-0.39, 0.29) is 0 Å². The van der Waals surface area contributed by atoms with Gasteiger partial charge in [-0.05, 0) is 6.92 Å². The maximum absolute atomic E-state index is 11.1.